The van der Waals surface area contributed by atoms with Crippen LogP contribution in [0.2, 0.25) is 0 Å². The van der Waals surface area contributed by atoms with E-state index in [0.29, 0.717) is 11.7 Å². The van der Waals surface area contributed by atoms with Gasteiger partial charge in [-0.05, 0) is 18.9 Å². The highest BCUT2D eigenvalue weighted by Gasteiger charge is 2.26. The molecule has 1 saturated heterocycles. The smallest absolute Gasteiger partial charge is 0.272 e. The van der Waals surface area contributed by atoms with Gasteiger partial charge in [0, 0.05) is 31.7 Å². The summed E-state index contributed by atoms with van der Waals surface area (Å²) in [5.74, 6) is 0.0411. The lowest BCUT2D eigenvalue weighted by molar-refractivity contribution is 0.0683. The number of rotatable bonds is 3. The Morgan fingerprint density at radius 2 is 1.76 bits per heavy atom. The third-order valence-corrected chi connectivity index (χ3v) is 4.78. The van der Waals surface area contributed by atoms with Gasteiger partial charge in [0.2, 0.25) is 0 Å². The van der Waals surface area contributed by atoms with E-state index < -0.39 is 0 Å². The van der Waals surface area contributed by atoms with E-state index in [-0.39, 0.29) is 5.91 Å². The van der Waals surface area contributed by atoms with Gasteiger partial charge < -0.3 is 9.47 Å². The lowest BCUT2D eigenvalue weighted by Gasteiger charge is -2.32. The first-order chi connectivity index (χ1) is 12.2. The number of nitrogens with zero attached hydrogens (tertiary/aromatic N) is 6. The molecular formula is C18H20N6O. The van der Waals surface area contributed by atoms with Crippen molar-refractivity contribution >= 4 is 5.91 Å². The van der Waals surface area contributed by atoms with E-state index in [1.165, 1.54) is 0 Å². The van der Waals surface area contributed by atoms with Crippen molar-refractivity contribution < 1.29 is 4.79 Å². The second-order valence-corrected chi connectivity index (χ2v) is 6.34. The van der Waals surface area contributed by atoms with Crippen LogP contribution in [0.4, 0.5) is 0 Å². The number of carbonyl (C=O) groups is 1. The summed E-state index contributed by atoms with van der Waals surface area (Å²) >= 11 is 0. The van der Waals surface area contributed by atoms with Crippen molar-refractivity contribution in [3.63, 3.8) is 0 Å². The fraction of sp³-hybridized carbons (Fsp3) is 0.333. The molecular weight excluding hydrogens is 316 g/mol. The molecule has 1 aliphatic rings. The van der Waals surface area contributed by atoms with E-state index in [2.05, 4.69) is 15.3 Å². The van der Waals surface area contributed by atoms with Gasteiger partial charge in [-0.15, -0.1) is 10.2 Å². The molecule has 0 saturated carbocycles. The molecule has 0 unspecified atom stereocenters. The van der Waals surface area contributed by atoms with Crippen LogP contribution in [0.5, 0.6) is 0 Å². The van der Waals surface area contributed by atoms with Gasteiger partial charge in [-0.2, -0.15) is 5.10 Å². The molecule has 1 amide bonds. The molecule has 0 radical (unpaired) electrons. The maximum atomic E-state index is 12.9. The van der Waals surface area contributed by atoms with Crippen molar-refractivity contribution in [2.24, 2.45) is 7.05 Å². The van der Waals surface area contributed by atoms with Gasteiger partial charge in [0.05, 0.1) is 5.69 Å². The van der Waals surface area contributed by atoms with Gasteiger partial charge in [0.15, 0.2) is 0 Å². The van der Waals surface area contributed by atoms with Crippen LogP contribution < -0.4 is 0 Å². The van der Waals surface area contributed by atoms with Crippen molar-refractivity contribution in [3.05, 3.63) is 54.7 Å². The van der Waals surface area contributed by atoms with E-state index in [0.717, 1.165) is 37.2 Å². The van der Waals surface area contributed by atoms with Crippen molar-refractivity contribution in [3.8, 4) is 11.3 Å². The minimum absolute atomic E-state index is 0.0411. The third kappa shape index (κ3) is 3.05. The van der Waals surface area contributed by atoms with E-state index >= 15 is 0 Å². The molecule has 1 aliphatic heterocycles. The molecule has 4 rings (SSSR count). The van der Waals surface area contributed by atoms with Gasteiger partial charge >= 0.3 is 0 Å². The second-order valence-electron chi connectivity index (χ2n) is 6.34. The SMILES string of the molecule is Cn1nc(-c2ccccc2)cc1C(=O)N1CCC(n2cnnc2)CC1. The van der Waals surface area contributed by atoms with Crippen molar-refractivity contribution in [1.82, 2.24) is 29.4 Å². The molecule has 3 aromatic rings. The molecule has 128 valence electrons. The summed E-state index contributed by atoms with van der Waals surface area (Å²) in [6.07, 6.45) is 5.31. The summed E-state index contributed by atoms with van der Waals surface area (Å²) in [5, 5.41) is 12.2. The highest BCUT2D eigenvalue weighted by atomic mass is 16.2. The summed E-state index contributed by atoms with van der Waals surface area (Å²) in [5.41, 5.74) is 2.47. The van der Waals surface area contributed by atoms with Crippen LogP contribution in [0, 0.1) is 0 Å². The van der Waals surface area contributed by atoms with E-state index in [4.69, 9.17) is 0 Å². The predicted octanol–water partition coefficient (Wildman–Crippen LogP) is 2.16. The molecule has 3 heterocycles. The average Bonchev–Trinajstić information content (AvgIpc) is 3.32. The van der Waals surface area contributed by atoms with E-state index in [9.17, 15) is 4.79 Å². The largest absolute Gasteiger partial charge is 0.337 e. The molecule has 7 heteroatoms. The first-order valence-electron chi connectivity index (χ1n) is 8.45. The maximum Gasteiger partial charge on any atom is 0.272 e. The fourth-order valence-corrected chi connectivity index (χ4v) is 3.34. The number of hydrogen-bond donors (Lipinski definition) is 0. The molecule has 0 atom stereocenters. The molecule has 1 aromatic carbocycles. The molecule has 0 N–H and O–H groups in total. The average molecular weight is 336 g/mol. The Hall–Kier alpha value is -2.96. The Morgan fingerprint density at radius 1 is 1.08 bits per heavy atom. The Kier molecular flexibility index (Phi) is 4.05. The number of aromatic nitrogens is 5. The Bertz CT molecular complexity index is 847. The zero-order valence-corrected chi connectivity index (χ0v) is 14.1. The molecule has 7 nitrogen and oxygen atoms in total. The number of benzene rings is 1. The van der Waals surface area contributed by atoms with Gasteiger partial charge in [-0.25, -0.2) is 0 Å². The van der Waals surface area contributed by atoms with Gasteiger partial charge in [-0.1, -0.05) is 30.3 Å². The zero-order chi connectivity index (χ0) is 17.2. The van der Waals surface area contributed by atoms with Crippen LogP contribution in [0.3, 0.4) is 0 Å². The van der Waals surface area contributed by atoms with E-state index in [1.54, 1.807) is 17.3 Å². The Morgan fingerprint density at radius 3 is 2.44 bits per heavy atom. The van der Waals surface area contributed by atoms with Crippen LogP contribution in [0.25, 0.3) is 11.3 Å². The predicted molar refractivity (Wildman–Crippen MR) is 92.8 cm³/mol. The lowest BCUT2D eigenvalue weighted by Crippen LogP contribution is -2.39. The van der Waals surface area contributed by atoms with Gasteiger partial charge in [0.1, 0.15) is 18.3 Å². The van der Waals surface area contributed by atoms with Gasteiger partial charge in [-0.3, -0.25) is 9.48 Å². The summed E-state index contributed by atoms with van der Waals surface area (Å²) in [6.45, 7) is 1.46. The summed E-state index contributed by atoms with van der Waals surface area (Å²) in [7, 11) is 1.82. The zero-order valence-electron chi connectivity index (χ0n) is 14.1. The Labute approximate surface area is 145 Å². The maximum absolute atomic E-state index is 12.9. The highest BCUT2D eigenvalue weighted by Crippen LogP contribution is 2.24. The minimum Gasteiger partial charge on any atom is -0.337 e. The summed E-state index contributed by atoms with van der Waals surface area (Å²) < 4.78 is 3.70. The standard InChI is InChI=1S/C18H20N6O/c1-22-17(11-16(21-22)14-5-3-2-4-6-14)18(25)23-9-7-15(8-10-23)24-12-19-20-13-24/h2-6,11-13,15H,7-10H2,1H3. The van der Waals surface area contributed by atoms with Crippen LogP contribution in [-0.2, 0) is 7.05 Å². The van der Waals surface area contributed by atoms with E-state index in [1.807, 2.05) is 52.9 Å². The number of piperidine rings is 1. The van der Waals surface area contributed by atoms with Crippen molar-refractivity contribution in [1.29, 1.82) is 0 Å². The lowest BCUT2D eigenvalue weighted by atomic mass is 10.0. The van der Waals surface area contributed by atoms with Gasteiger partial charge in [0.25, 0.3) is 5.91 Å². The molecule has 0 bridgehead atoms. The number of aryl methyl sites for hydroxylation is 1. The minimum atomic E-state index is 0.0411. The molecule has 1 fully saturated rings. The van der Waals surface area contributed by atoms with Crippen LogP contribution in [-0.4, -0.2) is 48.4 Å². The first-order valence-corrected chi connectivity index (χ1v) is 8.45. The topological polar surface area (TPSA) is 68.8 Å². The second kappa shape index (κ2) is 6.51. The highest BCUT2D eigenvalue weighted by molar-refractivity contribution is 5.93. The molecule has 0 aliphatic carbocycles. The quantitative estimate of drug-likeness (QED) is 0.735. The summed E-state index contributed by atoms with van der Waals surface area (Å²) in [6, 6.07) is 12.2. The van der Waals surface area contributed by atoms with Crippen LogP contribution in [0.15, 0.2) is 49.1 Å². The summed E-state index contributed by atoms with van der Waals surface area (Å²) in [4.78, 5) is 14.8. The van der Waals surface area contributed by atoms with Crippen molar-refractivity contribution in [2.45, 2.75) is 18.9 Å². The van der Waals surface area contributed by atoms with Crippen LogP contribution in [0.1, 0.15) is 29.4 Å². The number of hydrogen-bond acceptors (Lipinski definition) is 4. The molecule has 25 heavy (non-hydrogen) atoms. The molecule has 2 aromatic heterocycles. The third-order valence-electron chi connectivity index (χ3n) is 4.78. The number of likely N-dealkylation sites (tertiary alicyclic amines) is 1. The molecule has 0 spiro atoms. The Balaban J connectivity index is 1.48. The van der Waals surface area contributed by atoms with Crippen LogP contribution >= 0.6 is 0 Å². The number of carbonyl (C=O) groups excluding carboxylic acids is 1. The monoisotopic (exact) mass is 336 g/mol. The first kappa shape index (κ1) is 15.6. The number of amides is 1. The van der Waals surface area contributed by atoms with Crippen molar-refractivity contribution in [2.75, 3.05) is 13.1 Å². The normalized spacial score (nSPS) is 15.5. The fourth-order valence-electron chi connectivity index (χ4n) is 3.34.